The van der Waals surface area contributed by atoms with Gasteiger partial charge in [0, 0.05) is 61.7 Å². The number of ether oxygens (including phenoxy) is 1. The van der Waals surface area contributed by atoms with Crippen LogP contribution in [0.15, 0.2) is 47.2 Å². The summed E-state index contributed by atoms with van der Waals surface area (Å²) in [6.07, 6.45) is 3.86. The fourth-order valence-electron chi connectivity index (χ4n) is 4.77. The molecule has 1 aromatic carbocycles. The Morgan fingerprint density at radius 3 is 2.74 bits per heavy atom. The molecule has 1 aliphatic heterocycles. The summed E-state index contributed by atoms with van der Waals surface area (Å²) in [4.78, 5) is 33.0. The number of hydrogen-bond donors (Lipinski definition) is 2. The monoisotopic (exact) mass is 589 g/mol. The van der Waals surface area contributed by atoms with Crippen molar-refractivity contribution in [3.63, 3.8) is 0 Å². The Morgan fingerprint density at radius 2 is 2.00 bits per heavy atom. The van der Waals surface area contributed by atoms with E-state index in [1.807, 2.05) is 68.9 Å². The first-order chi connectivity index (χ1) is 20.1. The SMILES string of the molecule is C[C@H]1COCCN1CCN(C)c1ncc2c(n1)sc1nc(-c3ccc(NC(=O)Nc4cc(C(C)(C)C)on4)cc3)cn12. The van der Waals surface area contributed by atoms with Crippen LogP contribution in [0.1, 0.15) is 33.5 Å². The number of imidazole rings is 1. The van der Waals surface area contributed by atoms with E-state index < -0.39 is 6.03 Å². The van der Waals surface area contributed by atoms with Crippen molar-refractivity contribution in [2.45, 2.75) is 39.2 Å². The fourth-order valence-corrected chi connectivity index (χ4v) is 5.72. The highest BCUT2D eigenvalue weighted by Gasteiger charge is 2.21. The molecule has 0 unspecified atom stereocenters. The smallest absolute Gasteiger partial charge is 0.324 e. The summed E-state index contributed by atoms with van der Waals surface area (Å²) >= 11 is 1.54. The van der Waals surface area contributed by atoms with Gasteiger partial charge in [0.2, 0.25) is 5.95 Å². The van der Waals surface area contributed by atoms with Gasteiger partial charge in [-0.15, -0.1) is 0 Å². The van der Waals surface area contributed by atoms with Gasteiger partial charge in [-0.25, -0.2) is 19.7 Å². The van der Waals surface area contributed by atoms with Crippen LogP contribution in [0.25, 0.3) is 26.6 Å². The van der Waals surface area contributed by atoms with Gasteiger partial charge in [-0.1, -0.05) is 49.4 Å². The summed E-state index contributed by atoms with van der Waals surface area (Å²) in [7, 11) is 2.03. The topological polar surface area (TPSA) is 126 Å². The first-order valence-corrected chi connectivity index (χ1v) is 14.8. The lowest BCUT2D eigenvalue weighted by molar-refractivity contribution is 0.00123. The molecule has 42 heavy (non-hydrogen) atoms. The van der Waals surface area contributed by atoms with Crippen molar-refractivity contribution in [3.05, 3.63) is 48.5 Å². The molecule has 2 N–H and O–H groups in total. The van der Waals surface area contributed by atoms with E-state index in [4.69, 9.17) is 19.2 Å². The summed E-state index contributed by atoms with van der Waals surface area (Å²) in [6.45, 7) is 12.6. The first-order valence-electron chi connectivity index (χ1n) is 14.0. The number of fused-ring (bicyclic) bond motifs is 3. The Labute approximate surface area is 247 Å². The van der Waals surface area contributed by atoms with Crippen LogP contribution >= 0.6 is 11.3 Å². The molecule has 1 aliphatic rings. The number of nitrogens with one attached hydrogen (secondary N) is 2. The maximum atomic E-state index is 12.5. The quantitative estimate of drug-likeness (QED) is 0.267. The first kappa shape index (κ1) is 28.1. The average Bonchev–Trinajstić information content (AvgIpc) is 3.67. The van der Waals surface area contributed by atoms with Gasteiger partial charge in [-0.05, 0) is 19.1 Å². The van der Waals surface area contributed by atoms with E-state index in [-0.39, 0.29) is 5.41 Å². The van der Waals surface area contributed by atoms with Crippen molar-refractivity contribution in [3.8, 4) is 11.3 Å². The van der Waals surface area contributed by atoms with Gasteiger partial charge in [0.25, 0.3) is 0 Å². The van der Waals surface area contributed by atoms with Crippen LogP contribution in [0.3, 0.4) is 0 Å². The molecule has 2 amide bonds. The molecule has 0 saturated carbocycles. The van der Waals surface area contributed by atoms with Crippen molar-refractivity contribution in [2.24, 2.45) is 0 Å². The molecule has 0 bridgehead atoms. The van der Waals surface area contributed by atoms with Gasteiger partial charge < -0.3 is 19.5 Å². The van der Waals surface area contributed by atoms with E-state index in [1.165, 1.54) is 11.3 Å². The third-order valence-electron chi connectivity index (χ3n) is 7.34. The lowest BCUT2D eigenvalue weighted by atomic mass is 9.93. The molecular weight excluding hydrogens is 554 g/mol. The molecule has 6 rings (SSSR count). The predicted octanol–water partition coefficient (Wildman–Crippen LogP) is 5.09. The third kappa shape index (κ3) is 5.94. The molecule has 4 aromatic heterocycles. The minimum absolute atomic E-state index is 0.192. The average molecular weight is 590 g/mol. The summed E-state index contributed by atoms with van der Waals surface area (Å²) in [5, 5.41) is 9.45. The Bertz CT molecular complexity index is 1700. The van der Waals surface area contributed by atoms with Gasteiger partial charge in [0.05, 0.1) is 25.1 Å². The van der Waals surface area contributed by atoms with E-state index in [1.54, 1.807) is 6.07 Å². The largest absolute Gasteiger partial charge is 0.379 e. The van der Waals surface area contributed by atoms with Gasteiger partial charge in [-0.3, -0.25) is 14.6 Å². The van der Waals surface area contributed by atoms with Crippen LogP contribution in [-0.2, 0) is 10.2 Å². The number of nitrogens with zero attached hydrogens (tertiary/aromatic N) is 7. The number of thiazole rings is 1. The molecule has 1 atom stereocenters. The molecular formula is C29H35N9O3S. The highest BCUT2D eigenvalue weighted by Crippen LogP contribution is 2.30. The Morgan fingerprint density at radius 1 is 1.19 bits per heavy atom. The van der Waals surface area contributed by atoms with Crippen LogP contribution in [0.4, 0.5) is 22.2 Å². The second-order valence-electron chi connectivity index (χ2n) is 11.6. The number of benzene rings is 1. The molecule has 0 aliphatic carbocycles. The van der Waals surface area contributed by atoms with Crippen LogP contribution in [0.5, 0.6) is 0 Å². The van der Waals surface area contributed by atoms with Gasteiger partial charge in [-0.2, -0.15) is 0 Å². The molecule has 5 aromatic rings. The molecule has 5 heterocycles. The van der Waals surface area contributed by atoms with Gasteiger partial charge in [0.15, 0.2) is 10.8 Å². The van der Waals surface area contributed by atoms with Crippen molar-refractivity contribution in [1.82, 2.24) is 29.4 Å². The molecule has 13 heteroatoms. The van der Waals surface area contributed by atoms with E-state index in [0.29, 0.717) is 29.3 Å². The number of amides is 2. The second-order valence-corrected chi connectivity index (χ2v) is 12.6. The molecule has 1 saturated heterocycles. The minimum Gasteiger partial charge on any atom is -0.379 e. The van der Waals surface area contributed by atoms with Crippen molar-refractivity contribution < 1.29 is 14.1 Å². The lowest BCUT2D eigenvalue weighted by Gasteiger charge is -2.34. The zero-order valence-corrected chi connectivity index (χ0v) is 25.2. The van der Waals surface area contributed by atoms with Crippen LogP contribution < -0.4 is 15.5 Å². The minimum atomic E-state index is -0.397. The van der Waals surface area contributed by atoms with Crippen molar-refractivity contribution >= 4 is 50.1 Å². The lowest BCUT2D eigenvalue weighted by Crippen LogP contribution is -2.46. The Kier molecular flexibility index (Phi) is 7.56. The normalized spacial score (nSPS) is 16.3. The van der Waals surface area contributed by atoms with E-state index >= 15 is 0 Å². The third-order valence-corrected chi connectivity index (χ3v) is 8.31. The summed E-state index contributed by atoms with van der Waals surface area (Å²) in [5.41, 5.74) is 3.14. The molecule has 12 nitrogen and oxygen atoms in total. The van der Waals surface area contributed by atoms with E-state index in [9.17, 15) is 4.79 Å². The maximum absolute atomic E-state index is 12.5. The molecule has 0 radical (unpaired) electrons. The molecule has 0 spiro atoms. The number of likely N-dealkylation sites (N-methyl/N-ethyl adjacent to an activating group) is 1. The van der Waals surface area contributed by atoms with E-state index in [2.05, 4.69) is 37.5 Å². The predicted molar refractivity (Wildman–Crippen MR) is 165 cm³/mol. The Balaban J connectivity index is 1.10. The highest BCUT2D eigenvalue weighted by molar-refractivity contribution is 7.23. The number of aromatic nitrogens is 5. The number of rotatable bonds is 7. The standard InChI is InChI=1S/C29H35N9O3S/c1-18-17-40-13-12-37(18)11-10-36(5)26-30-15-22-25(34-26)42-28-32-21(16-38(22)28)19-6-8-20(9-7-19)31-27(39)33-24-14-23(41-35-24)29(2,3)4/h6-9,14-16,18H,10-13,17H2,1-5H3,(H2,31,33,35,39)/t18-/m0/s1. The van der Waals surface area contributed by atoms with E-state index in [0.717, 1.165) is 59.4 Å². The summed E-state index contributed by atoms with van der Waals surface area (Å²) in [6, 6.07) is 9.29. The van der Waals surface area contributed by atoms with Gasteiger partial charge >= 0.3 is 6.03 Å². The molecule has 220 valence electrons. The number of carbonyl (C=O) groups is 1. The Hall–Kier alpha value is -4.07. The van der Waals surface area contributed by atoms with Crippen molar-refractivity contribution in [1.29, 1.82) is 0 Å². The number of carbonyl (C=O) groups excluding carboxylic acids is 1. The van der Waals surface area contributed by atoms with Crippen LogP contribution in [0.2, 0.25) is 0 Å². The zero-order valence-electron chi connectivity index (χ0n) is 24.4. The fraction of sp³-hybridized carbons (Fsp3) is 0.414. The molecule has 1 fully saturated rings. The number of morpholine rings is 1. The van der Waals surface area contributed by atoms with Crippen molar-refractivity contribution in [2.75, 3.05) is 55.4 Å². The highest BCUT2D eigenvalue weighted by atomic mass is 32.1. The number of hydrogen-bond acceptors (Lipinski definition) is 10. The zero-order chi connectivity index (χ0) is 29.4. The second kappa shape index (κ2) is 11.3. The number of anilines is 3. The van der Waals surface area contributed by atoms with Crippen LogP contribution in [0, 0.1) is 0 Å². The number of urea groups is 1. The summed E-state index contributed by atoms with van der Waals surface area (Å²) in [5.74, 6) is 1.77. The maximum Gasteiger partial charge on any atom is 0.324 e. The van der Waals surface area contributed by atoms with Crippen LogP contribution in [-0.4, -0.2) is 81.4 Å². The summed E-state index contributed by atoms with van der Waals surface area (Å²) < 4.78 is 12.9. The van der Waals surface area contributed by atoms with Gasteiger partial charge in [0.1, 0.15) is 16.1 Å².